The minimum atomic E-state index is 0. The average Bonchev–Trinajstić information content (AvgIpc) is 3.05. The highest BCUT2D eigenvalue weighted by Crippen LogP contribution is 2.17. The molecule has 0 aliphatic carbocycles. The molecule has 1 aromatic heterocycles. The van der Waals surface area contributed by atoms with Crippen molar-refractivity contribution in [1.82, 2.24) is 15.6 Å². The van der Waals surface area contributed by atoms with Crippen LogP contribution < -0.4 is 15.4 Å². The van der Waals surface area contributed by atoms with Crippen LogP contribution in [0.1, 0.15) is 49.9 Å². The Morgan fingerprint density at radius 3 is 2.31 bits per heavy atom. The summed E-state index contributed by atoms with van der Waals surface area (Å²) in [5.74, 6) is 2.12. The Labute approximate surface area is 177 Å². The third-order valence-corrected chi connectivity index (χ3v) is 4.41. The van der Waals surface area contributed by atoms with E-state index in [1.807, 2.05) is 26.0 Å². The number of aliphatic imine (C=N–C) groups is 1. The fourth-order valence-electron chi connectivity index (χ4n) is 2.20. The number of thiazole rings is 1. The monoisotopic (exact) mass is 488 g/mol. The van der Waals surface area contributed by atoms with E-state index in [1.54, 1.807) is 18.4 Å². The van der Waals surface area contributed by atoms with Crippen molar-refractivity contribution in [3.05, 3.63) is 45.9 Å². The average molecular weight is 488 g/mol. The molecule has 5 nitrogen and oxygen atoms in total. The Bertz CT molecular complexity index is 683. The number of aromatic nitrogens is 1. The number of rotatable bonds is 7. The van der Waals surface area contributed by atoms with Crippen molar-refractivity contribution in [1.29, 1.82) is 0 Å². The molecular weight excluding hydrogens is 459 g/mol. The van der Waals surface area contributed by atoms with Crippen molar-refractivity contribution in [2.75, 3.05) is 7.05 Å². The standard InChI is InChI=1S/C19H28N4OS.HI/c1-13(2)17-12-25-18(23-17)11-22-19(20-5)21-10-15-6-8-16(9-7-15)24-14(3)4;/h6-9,12-14H,10-11H2,1-5H3,(H2,20,21,22);1H. The predicted octanol–water partition coefficient (Wildman–Crippen LogP) is 4.54. The lowest BCUT2D eigenvalue weighted by atomic mass is 10.2. The van der Waals surface area contributed by atoms with Crippen molar-refractivity contribution in [3.8, 4) is 5.75 Å². The number of halogens is 1. The van der Waals surface area contributed by atoms with E-state index in [0.717, 1.165) is 22.4 Å². The first-order chi connectivity index (χ1) is 12.0. The van der Waals surface area contributed by atoms with Gasteiger partial charge in [-0.15, -0.1) is 35.3 Å². The summed E-state index contributed by atoms with van der Waals surface area (Å²) in [4.78, 5) is 8.89. The molecule has 144 valence electrons. The molecule has 1 heterocycles. The van der Waals surface area contributed by atoms with E-state index in [2.05, 4.69) is 52.0 Å². The molecule has 1 aromatic carbocycles. The smallest absolute Gasteiger partial charge is 0.191 e. The Kier molecular flexibility index (Phi) is 9.93. The normalized spacial score (nSPS) is 11.4. The van der Waals surface area contributed by atoms with Gasteiger partial charge in [0.1, 0.15) is 10.8 Å². The third kappa shape index (κ3) is 7.49. The van der Waals surface area contributed by atoms with E-state index in [1.165, 1.54) is 5.56 Å². The van der Waals surface area contributed by atoms with Crippen LogP contribution in [0.15, 0.2) is 34.6 Å². The number of nitrogens with zero attached hydrogens (tertiary/aromatic N) is 2. The molecule has 0 saturated heterocycles. The Balaban J connectivity index is 0.00000338. The van der Waals surface area contributed by atoms with Crippen LogP contribution in [0, 0.1) is 0 Å². The first kappa shape index (κ1) is 22.7. The minimum Gasteiger partial charge on any atom is -0.491 e. The van der Waals surface area contributed by atoms with Gasteiger partial charge in [0.05, 0.1) is 18.3 Å². The SMILES string of the molecule is CN=C(NCc1ccc(OC(C)C)cc1)NCc1nc(C(C)C)cs1.I. The van der Waals surface area contributed by atoms with Gasteiger partial charge in [-0.05, 0) is 37.5 Å². The Morgan fingerprint density at radius 2 is 1.77 bits per heavy atom. The lowest BCUT2D eigenvalue weighted by Gasteiger charge is -2.12. The zero-order chi connectivity index (χ0) is 18.2. The maximum absolute atomic E-state index is 5.66. The fourth-order valence-corrected chi connectivity index (χ4v) is 3.09. The van der Waals surface area contributed by atoms with Crippen LogP contribution in [0.3, 0.4) is 0 Å². The second-order valence-corrected chi connectivity index (χ2v) is 7.35. The van der Waals surface area contributed by atoms with Gasteiger partial charge in [0, 0.05) is 19.0 Å². The van der Waals surface area contributed by atoms with Crippen LogP contribution >= 0.6 is 35.3 Å². The molecule has 0 bridgehead atoms. The molecule has 0 spiro atoms. The lowest BCUT2D eigenvalue weighted by Crippen LogP contribution is -2.36. The molecule has 2 aromatic rings. The van der Waals surface area contributed by atoms with Gasteiger partial charge in [-0.3, -0.25) is 4.99 Å². The second-order valence-electron chi connectivity index (χ2n) is 6.41. The first-order valence-corrected chi connectivity index (χ1v) is 9.50. The van der Waals surface area contributed by atoms with Gasteiger partial charge < -0.3 is 15.4 Å². The number of hydrogen-bond acceptors (Lipinski definition) is 4. The van der Waals surface area contributed by atoms with E-state index in [9.17, 15) is 0 Å². The molecule has 0 atom stereocenters. The second kappa shape index (κ2) is 11.4. The third-order valence-electron chi connectivity index (χ3n) is 3.55. The van der Waals surface area contributed by atoms with Crippen LogP contribution in [0.2, 0.25) is 0 Å². The highest BCUT2D eigenvalue weighted by atomic mass is 127. The van der Waals surface area contributed by atoms with Crippen molar-refractivity contribution >= 4 is 41.3 Å². The van der Waals surface area contributed by atoms with Crippen molar-refractivity contribution in [2.45, 2.75) is 52.8 Å². The zero-order valence-corrected chi connectivity index (χ0v) is 19.2. The summed E-state index contributed by atoms with van der Waals surface area (Å²) in [6.07, 6.45) is 0.189. The molecule has 0 aliphatic rings. The summed E-state index contributed by atoms with van der Waals surface area (Å²) in [6.45, 7) is 9.75. The van der Waals surface area contributed by atoms with Gasteiger partial charge >= 0.3 is 0 Å². The summed E-state index contributed by atoms with van der Waals surface area (Å²) in [5.41, 5.74) is 2.32. The fraction of sp³-hybridized carbons (Fsp3) is 0.474. The molecule has 0 amide bonds. The van der Waals surface area contributed by atoms with E-state index >= 15 is 0 Å². The van der Waals surface area contributed by atoms with E-state index < -0.39 is 0 Å². The van der Waals surface area contributed by atoms with Gasteiger partial charge in [-0.25, -0.2) is 4.98 Å². The molecule has 2 rings (SSSR count). The lowest BCUT2D eigenvalue weighted by molar-refractivity contribution is 0.242. The molecule has 26 heavy (non-hydrogen) atoms. The number of benzene rings is 1. The number of ether oxygens (including phenoxy) is 1. The minimum absolute atomic E-state index is 0. The Hall–Kier alpha value is -1.35. The molecular formula is C19H29IN4OS. The summed E-state index contributed by atoms with van der Waals surface area (Å²) < 4.78 is 5.66. The maximum Gasteiger partial charge on any atom is 0.191 e. The number of hydrogen-bond donors (Lipinski definition) is 2. The van der Waals surface area contributed by atoms with Crippen LogP contribution in [0.5, 0.6) is 5.75 Å². The predicted molar refractivity (Wildman–Crippen MR) is 121 cm³/mol. The summed E-state index contributed by atoms with van der Waals surface area (Å²) >= 11 is 1.68. The van der Waals surface area contributed by atoms with Gasteiger partial charge in [0.15, 0.2) is 5.96 Å². The summed E-state index contributed by atoms with van der Waals surface area (Å²) in [6, 6.07) is 8.12. The Morgan fingerprint density at radius 1 is 1.12 bits per heavy atom. The molecule has 0 aliphatic heterocycles. The number of nitrogens with one attached hydrogen (secondary N) is 2. The quantitative estimate of drug-likeness (QED) is 0.342. The topological polar surface area (TPSA) is 58.5 Å². The highest BCUT2D eigenvalue weighted by Gasteiger charge is 2.06. The van der Waals surface area contributed by atoms with E-state index in [-0.39, 0.29) is 30.1 Å². The molecule has 2 N–H and O–H groups in total. The summed E-state index contributed by atoms with van der Waals surface area (Å²) in [5, 5.41) is 9.82. The molecule has 0 saturated carbocycles. The largest absolute Gasteiger partial charge is 0.491 e. The van der Waals surface area contributed by atoms with Gasteiger partial charge in [0.25, 0.3) is 0 Å². The molecule has 0 radical (unpaired) electrons. The molecule has 7 heteroatoms. The van der Waals surface area contributed by atoms with Gasteiger partial charge in [-0.1, -0.05) is 26.0 Å². The first-order valence-electron chi connectivity index (χ1n) is 8.62. The summed E-state index contributed by atoms with van der Waals surface area (Å²) in [7, 11) is 1.77. The van der Waals surface area contributed by atoms with Crippen LogP contribution in [-0.4, -0.2) is 24.1 Å². The van der Waals surface area contributed by atoms with Crippen molar-refractivity contribution < 1.29 is 4.74 Å². The van der Waals surface area contributed by atoms with Crippen LogP contribution in [0.4, 0.5) is 0 Å². The van der Waals surface area contributed by atoms with E-state index in [0.29, 0.717) is 19.0 Å². The molecule has 0 fully saturated rings. The zero-order valence-electron chi connectivity index (χ0n) is 16.1. The van der Waals surface area contributed by atoms with E-state index in [4.69, 9.17) is 4.74 Å². The van der Waals surface area contributed by atoms with Crippen LogP contribution in [0.25, 0.3) is 0 Å². The maximum atomic E-state index is 5.66. The highest BCUT2D eigenvalue weighted by molar-refractivity contribution is 14.0. The van der Waals surface area contributed by atoms with Crippen molar-refractivity contribution in [2.24, 2.45) is 4.99 Å². The van der Waals surface area contributed by atoms with Gasteiger partial charge in [0.2, 0.25) is 0 Å². The van der Waals surface area contributed by atoms with Gasteiger partial charge in [-0.2, -0.15) is 0 Å². The van der Waals surface area contributed by atoms with Crippen LogP contribution in [-0.2, 0) is 13.1 Å². The number of guanidine groups is 1. The van der Waals surface area contributed by atoms with Crippen molar-refractivity contribution in [3.63, 3.8) is 0 Å². The molecule has 0 unspecified atom stereocenters.